The van der Waals surface area contributed by atoms with Gasteiger partial charge in [0.15, 0.2) is 0 Å². The van der Waals surface area contributed by atoms with Crippen LogP contribution < -0.4 is 0 Å². The Labute approximate surface area is 129 Å². The van der Waals surface area contributed by atoms with E-state index in [0.717, 1.165) is 0 Å². The average molecular weight is 376 g/mol. The molecule has 0 fully saturated rings. The maximum Gasteiger partial charge on any atom is 0.337 e. The van der Waals surface area contributed by atoms with Crippen LogP contribution in [0.1, 0.15) is 10.4 Å². The molecule has 4 nitrogen and oxygen atoms in total. The fourth-order valence-corrected chi connectivity index (χ4v) is 3.56. The number of hydrogen-bond acceptors (Lipinski definition) is 3. The van der Waals surface area contributed by atoms with Gasteiger partial charge in [-0.1, -0.05) is 27.5 Å². The Hall–Kier alpha value is -1.37. The highest BCUT2D eigenvalue weighted by Gasteiger charge is 2.24. The first-order valence-electron chi connectivity index (χ1n) is 5.36. The fourth-order valence-electron chi connectivity index (χ4n) is 1.64. The van der Waals surface area contributed by atoms with E-state index in [0.29, 0.717) is 9.50 Å². The van der Waals surface area contributed by atoms with E-state index < -0.39 is 15.8 Å². The van der Waals surface area contributed by atoms with Crippen molar-refractivity contribution in [2.75, 3.05) is 0 Å². The zero-order chi connectivity index (χ0) is 14.9. The van der Waals surface area contributed by atoms with Crippen molar-refractivity contribution < 1.29 is 18.3 Å². The molecule has 0 radical (unpaired) electrons. The third-order valence-electron chi connectivity index (χ3n) is 2.59. The normalized spacial score (nSPS) is 11.3. The average Bonchev–Trinajstić information content (AvgIpc) is 2.38. The van der Waals surface area contributed by atoms with Gasteiger partial charge in [0.05, 0.1) is 15.4 Å². The largest absolute Gasteiger partial charge is 0.478 e. The molecule has 0 aliphatic rings. The fraction of sp³-hybridized carbons (Fsp3) is 0. The Kier molecular flexibility index (Phi) is 4.17. The molecule has 0 saturated heterocycles. The van der Waals surface area contributed by atoms with Gasteiger partial charge in [-0.25, -0.2) is 13.2 Å². The summed E-state index contributed by atoms with van der Waals surface area (Å²) in [5.41, 5.74) is -0.283. The van der Waals surface area contributed by atoms with Crippen molar-refractivity contribution in [1.29, 1.82) is 0 Å². The van der Waals surface area contributed by atoms with Crippen molar-refractivity contribution in [2.45, 2.75) is 9.79 Å². The number of aromatic carboxylic acids is 1. The molecule has 1 N–H and O–H groups in total. The van der Waals surface area contributed by atoms with Crippen LogP contribution in [0.25, 0.3) is 0 Å². The molecular formula is C13H8BrClO4S. The van der Waals surface area contributed by atoms with Gasteiger partial charge in [-0.3, -0.25) is 0 Å². The Morgan fingerprint density at radius 2 is 1.70 bits per heavy atom. The lowest BCUT2D eigenvalue weighted by atomic mass is 10.2. The van der Waals surface area contributed by atoms with E-state index in [1.54, 1.807) is 0 Å². The number of carbonyl (C=O) groups is 1. The van der Waals surface area contributed by atoms with Gasteiger partial charge in [-0.15, -0.1) is 0 Å². The minimum atomic E-state index is -3.91. The number of rotatable bonds is 3. The third-order valence-corrected chi connectivity index (χ3v) is 5.16. The summed E-state index contributed by atoms with van der Waals surface area (Å²) in [4.78, 5) is 10.9. The molecule has 7 heteroatoms. The van der Waals surface area contributed by atoms with Gasteiger partial charge in [0.1, 0.15) is 0 Å². The van der Waals surface area contributed by atoms with E-state index in [4.69, 9.17) is 16.7 Å². The number of hydrogen-bond donors (Lipinski definition) is 1. The van der Waals surface area contributed by atoms with Gasteiger partial charge >= 0.3 is 5.97 Å². The molecule has 0 saturated carbocycles. The van der Waals surface area contributed by atoms with Gasteiger partial charge in [0, 0.05) is 9.50 Å². The molecule has 0 aliphatic heterocycles. The summed E-state index contributed by atoms with van der Waals surface area (Å²) in [5, 5.41) is 9.54. The SMILES string of the molecule is O=C(O)c1cc(Br)ccc1S(=O)(=O)c1ccc(Cl)cc1. The second kappa shape index (κ2) is 5.55. The zero-order valence-electron chi connectivity index (χ0n) is 9.88. The van der Waals surface area contributed by atoms with Crippen LogP contribution in [0, 0.1) is 0 Å². The molecular weight excluding hydrogens is 368 g/mol. The lowest BCUT2D eigenvalue weighted by molar-refractivity contribution is 0.0692. The van der Waals surface area contributed by atoms with Crippen LogP contribution in [0.2, 0.25) is 5.02 Å². The molecule has 2 aromatic carbocycles. The van der Waals surface area contributed by atoms with E-state index in [9.17, 15) is 13.2 Å². The molecule has 0 bridgehead atoms. The standard InChI is InChI=1S/C13H8BrClO4S/c14-8-1-6-12(11(7-8)13(16)17)20(18,19)10-4-2-9(15)3-5-10/h1-7H,(H,16,17). The minimum absolute atomic E-state index is 0.00766. The van der Waals surface area contributed by atoms with Crippen LogP contribution in [0.5, 0.6) is 0 Å². The van der Waals surface area contributed by atoms with E-state index >= 15 is 0 Å². The maximum atomic E-state index is 12.5. The van der Waals surface area contributed by atoms with Crippen LogP contribution in [0.15, 0.2) is 56.7 Å². The Balaban J connectivity index is 2.66. The van der Waals surface area contributed by atoms with E-state index in [2.05, 4.69) is 15.9 Å². The van der Waals surface area contributed by atoms with Gasteiger partial charge in [0.25, 0.3) is 0 Å². The zero-order valence-corrected chi connectivity index (χ0v) is 13.0. The van der Waals surface area contributed by atoms with E-state index in [1.807, 2.05) is 0 Å². The molecule has 2 rings (SSSR count). The number of carboxylic acids is 1. The molecule has 2 aromatic rings. The van der Waals surface area contributed by atoms with Gasteiger partial charge in [-0.05, 0) is 42.5 Å². The van der Waals surface area contributed by atoms with Crippen molar-refractivity contribution in [3.8, 4) is 0 Å². The highest BCUT2D eigenvalue weighted by Crippen LogP contribution is 2.27. The first kappa shape index (κ1) is 15.0. The predicted octanol–water partition coefficient (Wildman–Crippen LogP) is 3.63. The molecule has 20 heavy (non-hydrogen) atoms. The Bertz CT molecular complexity index is 769. The highest BCUT2D eigenvalue weighted by atomic mass is 79.9. The first-order valence-corrected chi connectivity index (χ1v) is 8.01. The molecule has 0 heterocycles. The van der Waals surface area contributed by atoms with Crippen LogP contribution >= 0.6 is 27.5 Å². The summed E-state index contributed by atoms with van der Waals surface area (Å²) in [5.74, 6) is -1.31. The first-order chi connectivity index (χ1) is 9.32. The maximum absolute atomic E-state index is 12.5. The van der Waals surface area contributed by atoms with Crippen molar-refractivity contribution in [1.82, 2.24) is 0 Å². The van der Waals surface area contributed by atoms with Gasteiger partial charge in [-0.2, -0.15) is 0 Å². The molecule has 0 aromatic heterocycles. The Morgan fingerprint density at radius 3 is 2.25 bits per heavy atom. The summed E-state index contributed by atoms with van der Waals surface area (Å²) >= 11 is 8.84. The third kappa shape index (κ3) is 2.87. The highest BCUT2D eigenvalue weighted by molar-refractivity contribution is 9.10. The molecule has 0 amide bonds. The summed E-state index contributed by atoms with van der Waals surface area (Å²) in [6.07, 6.45) is 0. The summed E-state index contributed by atoms with van der Waals surface area (Å²) in [6.45, 7) is 0. The molecule has 0 atom stereocenters. The number of carboxylic acid groups (broad SMARTS) is 1. The van der Waals surface area contributed by atoms with Gasteiger partial charge in [0.2, 0.25) is 9.84 Å². The van der Waals surface area contributed by atoms with Crippen LogP contribution in [0.4, 0.5) is 0 Å². The smallest absolute Gasteiger partial charge is 0.337 e. The molecule has 0 aliphatic carbocycles. The Morgan fingerprint density at radius 1 is 1.10 bits per heavy atom. The molecule has 0 unspecified atom stereocenters. The van der Waals surface area contributed by atoms with Crippen molar-refractivity contribution in [3.05, 3.63) is 57.5 Å². The quantitative estimate of drug-likeness (QED) is 0.889. The number of benzene rings is 2. The summed E-state index contributed by atoms with van der Waals surface area (Å²) in [6, 6.07) is 9.55. The van der Waals surface area contributed by atoms with Crippen molar-refractivity contribution >= 4 is 43.3 Å². The van der Waals surface area contributed by atoms with Crippen LogP contribution in [0.3, 0.4) is 0 Å². The number of halogens is 2. The second-order valence-electron chi connectivity index (χ2n) is 3.90. The van der Waals surface area contributed by atoms with Crippen LogP contribution in [-0.4, -0.2) is 19.5 Å². The summed E-state index contributed by atoms with van der Waals surface area (Å²) < 4.78 is 25.4. The van der Waals surface area contributed by atoms with E-state index in [1.165, 1.54) is 42.5 Å². The summed E-state index contributed by atoms with van der Waals surface area (Å²) in [7, 11) is -3.91. The molecule has 0 spiro atoms. The van der Waals surface area contributed by atoms with Crippen molar-refractivity contribution in [2.24, 2.45) is 0 Å². The molecule has 104 valence electrons. The monoisotopic (exact) mass is 374 g/mol. The number of sulfone groups is 1. The van der Waals surface area contributed by atoms with E-state index in [-0.39, 0.29) is 15.4 Å². The minimum Gasteiger partial charge on any atom is -0.478 e. The lowest BCUT2D eigenvalue weighted by Crippen LogP contribution is -2.09. The van der Waals surface area contributed by atoms with Crippen molar-refractivity contribution in [3.63, 3.8) is 0 Å². The van der Waals surface area contributed by atoms with Gasteiger partial charge < -0.3 is 5.11 Å². The second-order valence-corrected chi connectivity index (χ2v) is 7.17. The lowest BCUT2D eigenvalue weighted by Gasteiger charge is -2.08. The van der Waals surface area contributed by atoms with Crippen LogP contribution in [-0.2, 0) is 9.84 Å². The predicted molar refractivity (Wildman–Crippen MR) is 78.0 cm³/mol. The topological polar surface area (TPSA) is 71.4 Å².